The monoisotopic (exact) mass is 386 g/mol. The lowest BCUT2D eigenvalue weighted by Gasteiger charge is -2.38. The second kappa shape index (κ2) is 8.93. The van der Waals surface area contributed by atoms with Crippen molar-refractivity contribution in [1.29, 1.82) is 0 Å². The molecule has 0 bridgehead atoms. The van der Waals surface area contributed by atoms with Crippen molar-refractivity contribution in [3.05, 3.63) is 53.8 Å². The van der Waals surface area contributed by atoms with Gasteiger partial charge in [-0.05, 0) is 32.0 Å². The lowest BCUT2D eigenvalue weighted by atomic mass is 10.1. The molecule has 0 radical (unpaired) electrons. The molecule has 1 saturated heterocycles. The molecule has 2 atom stereocenters. The maximum atomic E-state index is 13.7. The van der Waals surface area contributed by atoms with Crippen LogP contribution in [0.3, 0.4) is 0 Å². The third-order valence-electron chi connectivity index (χ3n) is 4.65. The highest BCUT2D eigenvalue weighted by Gasteiger charge is 2.24. The highest BCUT2D eigenvalue weighted by atomic mass is 19.1. The Morgan fingerprint density at radius 1 is 1.25 bits per heavy atom. The number of aliphatic imine (C=N–C) groups is 1. The van der Waals surface area contributed by atoms with E-state index in [0.717, 1.165) is 24.4 Å². The van der Waals surface area contributed by atoms with Gasteiger partial charge in [0.25, 0.3) is 0 Å². The Balaban J connectivity index is 1.90. The first kappa shape index (κ1) is 19.9. The minimum atomic E-state index is -0.425. The van der Waals surface area contributed by atoms with Gasteiger partial charge in [0.05, 0.1) is 19.3 Å². The fourth-order valence-corrected chi connectivity index (χ4v) is 3.44. The number of guanidine groups is 1. The van der Waals surface area contributed by atoms with E-state index in [1.165, 1.54) is 18.2 Å². The normalized spacial score (nSPS) is 20.1. The summed E-state index contributed by atoms with van der Waals surface area (Å²) in [6, 6.07) is 12.1. The highest BCUT2D eigenvalue weighted by Crippen LogP contribution is 2.25. The van der Waals surface area contributed by atoms with E-state index in [1.54, 1.807) is 7.11 Å². The lowest BCUT2D eigenvalue weighted by Crippen LogP contribution is -2.57. The first-order valence-electron chi connectivity index (χ1n) is 9.39. The average Bonchev–Trinajstić information content (AvgIpc) is 2.67. The second-order valence-electron chi connectivity index (χ2n) is 7.11. The van der Waals surface area contributed by atoms with E-state index >= 15 is 0 Å². The van der Waals surface area contributed by atoms with Gasteiger partial charge in [-0.1, -0.05) is 18.2 Å². The third kappa shape index (κ3) is 4.92. The Labute approximate surface area is 165 Å². The molecule has 0 saturated carbocycles. The summed E-state index contributed by atoms with van der Waals surface area (Å²) < 4.78 is 19.1. The summed E-state index contributed by atoms with van der Waals surface area (Å²) in [7, 11) is 1.63. The predicted molar refractivity (Wildman–Crippen MR) is 109 cm³/mol. The zero-order valence-corrected chi connectivity index (χ0v) is 16.4. The lowest BCUT2D eigenvalue weighted by molar-refractivity contribution is 0.254. The molecule has 1 fully saturated rings. The Hall–Kier alpha value is -2.80. The maximum Gasteiger partial charge on any atom is 0.199 e. The van der Waals surface area contributed by atoms with Crippen molar-refractivity contribution in [2.45, 2.75) is 32.5 Å². The molecule has 2 aromatic carbocycles. The zero-order valence-electron chi connectivity index (χ0n) is 16.4. The van der Waals surface area contributed by atoms with Gasteiger partial charge >= 0.3 is 0 Å². The minimum Gasteiger partial charge on any atom is -0.506 e. The Kier molecular flexibility index (Phi) is 6.36. The van der Waals surface area contributed by atoms with Crippen LogP contribution in [0.15, 0.2) is 47.5 Å². The quantitative estimate of drug-likeness (QED) is 0.428. The number of para-hydroxylation sites is 1. The van der Waals surface area contributed by atoms with Crippen LogP contribution in [-0.2, 0) is 6.54 Å². The van der Waals surface area contributed by atoms with Crippen LogP contribution in [0.1, 0.15) is 19.4 Å². The van der Waals surface area contributed by atoms with Gasteiger partial charge in [0, 0.05) is 36.8 Å². The molecule has 0 spiro atoms. The molecule has 1 heterocycles. The van der Waals surface area contributed by atoms with Gasteiger partial charge in [-0.25, -0.2) is 9.38 Å². The molecule has 0 aromatic heterocycles. The number of piperazine rings is 1. The molecule has 3 rings (SSSR count). The summed E-state index contributed by atoms with van der Waals surface area (Å²) in [6.07, 6.45) is 0. The molecule has 1 aliphatic heterocycles. The molecular formula is C21H27FN4O2. The van der Waals surface area contributed by atoms with E-state index in [4.69, 9.17) is 9.73 Å². The third-order valence-corrected chi connectivity index (χ3v) is 4.65. The number of methoxy groups -OCH3 is 1. The van der Waals surface area contributed by atoms with Gasteiger partial charge in [0.15, 0.2) is 5.96 Å². The number of nitrogens with one attached hydrogen (secondary N) is 2. The number of phenolic OH excluding ortho intramolecular Hbond substituents is 1. The van der Waals surface area contributed by atoms with E-state index in [-0.39, 0.29) is 23.5 Å². The number of hydrogen-bond donors (Lipinski definition) is 3. The maximum absolute atomic E-state index is 13.7. The SMILES string of the molecule is COc1ccccc1CN=C(Nc1cc(F)ccc1O)N1CC(C)NC(C)C1. The van der Waals surface area contributed by atoms with Gasteiger partial charge in [-0.2, -0.15) is 0 Å². The van der Waals surface area contributed by atoms with E-state index in [9.17, 15) is 9.50 Å². The summed E-state index contributed by atoms with van der Waals surface area (Å²) in [5.41, 5.74) is 1.24. The number of hydrogen-bond acceptors (Lipinski definition) is 4. The number of benzene rings is 2. The smallest absolute Gasteiger partial charge is 0.199 e. The van der Waals surface area contributed by atoms with Crippen LogP contribution in [0.2, 0.25) is 0 Å². The van der Waals surface area contributed by atoms with Gasteiger partial charge in [-0.3, -0.25) is 0 Å². The van der Waals surface area contributed by atoms with Crippen molar-refractivity contribution in [2.24, 2.45) is 4.99 Å². The average molecular weight is 386 g/mol. The molecule has 1 aliphatic rings. The van der Waals surface area contributed by atoms with Crippen LogP contribution in [0.5, 0.6) is 11.5 Å². The highest BCUT2D eigenvalue weighted by molar-refractivity contribution is 5.95. The standard InChI is InChI=1S/C21H27FN4O2/c1-14-12-26(13-15(2)24-14)21(25-18-10-17(22)8-9-19(18)27)23-11-16-6-4-5-7-20(16)28-3/h4-10,14-15,24,27H,11-13H2,1-3H3,(H,23,25). The van der Waals surface area contributed by atoms with Crippen LogP contribution in [-0.4, -0.2) is 48.2 Å². The Morgan fingerprint density at radius 2 is 1.96 bits per heavy atom. The van der Waals surface area contributed by atoms with Crippen molar-refractivity contribution in [2.75, 3.05) is 25.5 Å². The van der Waals surface area contributed by atoms with Crippen LogP contribution in [0, 0.1) is 5.82 Å². The van der Waals surface area contributed by atoms with Crippen LogP contribution >= 0.6 is 0 Å². The van der Waals surface area contributed by atoms with Crippen molar-refractivity contribution in [3.8, 4) is 11.5 Å². The molecule has 3 N–H and O–H groups in total. The van der Waals surface area contributed by atoms with Crippen molar-refractivity contribution in [1.82, 2.24) is 10.2 Å². The molecule has 2 unspecified atom stereocenters. The van der Waals surface area contributed by atoms with Crippen molar-refractivity contribution in [3.63, 3.8) is 0 Å². The summed E-state index contributed by atoms with van der Waals surface area (Å²) >= 11 is 0. The first-order valence-corrected chi connectivity index (χ1v) is 9.39. The predicted octanol–water partition coefficient (Wildman–Crippen LogP) is 3.19. The van der Waals surface area contributed by atoms with E-state index < -0.39 is 5.82 Å². The van der Waals surface area contributed by atoms with E-state index in [0.29, 0.717) is 12.5 Å². The van der Waals surface area contributed by atoms with Gasteiger partial charge in [0.1, 0.15) is 17.3 Å². The van der Waals surface area contributed by atoms with Gasteiger partial charge in [0.2, 0.25) is 0 Å². The molecular weight excluding hydrogens is 359 g/mol. The topological polar surface area (TPSA) is 69.1 Å². The number of rotatable bonds is 4. The summed E-state index contributed by atoms with van der Waals surface area (Å²) in [5, 5.41) is 16.7. The molecule has 28 heavy (non-hydrogen) atoms. The number of nitrogens with zero attached hydrogens (tertiary/aromatic N) is 2. The van der Waals surface area contributed by atoms with E-state index in [1.807, 2.05) is 24.3 Å². The van der Waals surface area contributed by atoms with Crippen molar-refractivity contribution < 1.29 is 14.2 Å². The largest absolute Gasteiger partial charge is 0.506 e. The van der Waals surface area contributed by atoms with Gasteiger partial charge in [-0.15, -0.1) is 0 Å². The molecule has 6 nitrogen and oxygen atoms in total. The number of halogens is 1. The van der Waals surface area contributed by atoms with Crippen LogP contribution in [0.4, 0.5) is 10.1 Å². The summed E-state index contributed by atoms with van der Waals surface area (Å²) in [5.74, 6) is 0.905. The molecule has 150 valence electrons. The minimum absolute atomic E-state index is 0.0253. The number of aromatic hydroxyl groups is 1. The fourth-order valence-electron chi connectivity index (χ4n) is 3.44. The number of phenols is 1. The van der Waals surface area contributed by atoms with Gasteiger partial charge < -0.3 is 25.4 Å². The van der Waals surface area contributed by atoms with Crippen molar-refractivity contribution >= 4 is 11.6 Å². The summed E-state index contributed by atoms with van der Waals surface area (Å²) in [6.45, 7) is 6.12. The number of anilines is 1. The first-order chi connectivity index (χ1) is 13.5. The Morgan fingerprint density at radius 3 is 2.68 bits per heavy atom. The fraction of sp³-hybridized carbons (Fsp3) is 0.381. The molecule has 0 amide bonds. The number of ether oxygens (including phenoxy) is 1. The van der Waals surface area contributed by atoms with E-state index in [2.05, 4.69) is 29.4 Å². The Bertz CT molecular complexity index is 833. The zero-order chi connectivity index (χ0) is 20.1. The molecule has 7 heteroatoms. The van der Waals surface area contributed by atoms with Crippen LogP contribution < -0.4 is 15.4 Å². The molecule has 0 aliphatic carbocycles. The molecule has 2 aromatic rings. The van der Waals surface area contributed by atoms with Crippen LogP contribution in [0.25, 0.3) is 0 Å². The summed E-state index contributed by atoms with van der Waals surface area (Å²) in [4.78, 5) is 6.87. The second-order valence-corrected chi connectivity index (χ2v) is 7.11.